The number of rotatable bonds is 3. The van der Waals surface area contributed by atoms with Gasteiger partial charge in [0.15, 0.2) is 10.7 Å². The highest BCUT2D eigenvalue weighted by molar-refractivity contribution is 7.15. The number of aromatic nitrogens is 4. The van der Waals surface area contributed by atoms with Gasteiger partial charge in [-0.1, -0.05) is 0 Å². The Hall–Kier alpha value is -1.86. The van der Waals surface area contributed by atoms with E-state index >= 15 is 0 Å². The summed E-state index contributed by atoms with van der Waals surface area (Å²) in [6, 6.07) is 0. The summed E-state index contributed by atoms with van der Waals surface area (Å²) in [5.41, 5.74) is 0.644. The third-order valence-corrected chi connectivity index (χ3v) is 3.13. The van der Waals surface area contributed by atoms with Crippen LogP contribution in [0.5, 0.6) is 11.6 Å². The van der Waals surface area contributed by atoms with Crippen LogP contribution in [-0.2, 0) is 13.7 Å². The van der Waals surface area contributed by atoms with Crippen LogP contribution in [0.1, 0.15) is 5.69 Å². The van der Waals surface area contributed by atoms with Crippen LogP contribution in [0.15, 0.2) is 24.0 Å². The van der Waals surface area contributed by atoms with Gasteiger partial charge >= 0.3 is 0 Å². The van der Waals surface area contributed by atoms with E-state index in [9.17, 15) is 5.11 Å². The second kappa shape index (κ2) is 3.86. The van der Waals surface area contributed by atoms with Crippen molar-refractivity contribution in [3.05, 3.63) is 29.7 Å². The number of hydrogen-bond donors (Lipinski definition) is 1. The molecule has 0 aliphatic heterocycles. The average Bonchev–Trinajstić information content (AvgIpc) is 2.95. The molecular weight excluding hydrogens is 240 g/mol. The van der Waals surface area contributed by atoms with E-state index in [1.807, 2.05) is 23.0 Å². The molecule has 0 unspecified atom stereocenters. The highest BCUT2D eigenvalue weighted by Gasteiger charge is 2.14. The second-order valence-electron chi connectivity index (χ2n) is 3.53. The molecule has 3 aromatic rings. The quantitative estimate of drug-likeness (QED) is 0.763. The van der Waals surface area contributed by atoms with Crippen LogP contribution in [0.25, 0.3) is 4.96 Å². The van der Waals surface area contributed by atoms with Gasteiger partial charge in [0.2, 0.25) is 5.88 Å². The average molecular weight is 250 g/mol. The van der Waals surface area contributed by atoms with Gasteiger partial charge in [0.05, 0.1) is 19.0 Å². The highest BCUT2D eigenvalue weighted by Crippen LogP contribution is 2.27. The topological polar surface area (TPSA) is 64.6 Å². The first-order valence-corrected chi connectivity index (χ1v) is 5.87. The van der Waals surface area contributed by atoms with Crippen LogP contribution in [0.2, 0.25) is 0 Å². The van der Waals surface area contributed by atoms with Gasteiger partial charge in [-0.25, -0.2) is 0 Å². The van der Waals surface area contributed by atoms with Gasteiger partial charge < -0.3 is 9.84 Å². The van der Waals surface area contributed by atoms with E-state index in [1.54, 1.807) is 17.1 Å². The number of nitrogens with zero attached hydrogens (tertiary/aromatic N) is 4. The molecule has 88 valence electrons. The molecule has 0 amide bonds. The maximum Gasteiger partial charge on any atom is 0.244 e. The number of aryl methyl sites for hydroxylation is 1. The molecule has 0 aliphatic rings. The number of aliphatic hydroxyl groups excluding tert-OH is 1. The van der Waals surface area contributed by atoms with Crippen LogP contribution in [0.4, 0.5) is 0 Å². The first kappa shape index (κ1) is 10.3. The van der Waals surface area contributed by atoms with Crippen molar-refractivity contribution in [1.29, 1.82) is 0 Å². The van der Waals surface area contributed by atoms with Crippen molar-refractivity contribution in [2.45, 2.75) is 6.61 Å². The van der Waals surface area contributed by atoms with E-state index in [0.717, 1.165) is 4.96 Å². The molecule has 3 rings (SSSR count). The maximum atomic E-state index is 9.35. The lowest BCUT2D eigenvalue weighted by Gasteiger charge is -2.00. The molecule has 3 heterocycles. The third kappa shape index (κ3) is 1.69. The molecule has 17 heavy (non-hydrogen) atoms. The summed E-state index contributed by atoms with van der Waals surface area (Å²) in [7, 11) is 1.81. The molecule has 0 saturated heterocycles. The molecule has 0 aromatic carbocycles. The molecule has 0 atom stereocenters. The van der Waals surface area contributed by atoms with Crippen molar-refractivity contribution in [2.75, 3.05) is 0 Å². The Balaban J connectivity index is 2.01. The van der Waals surface area contributed by atoms with E-state index in [4.69, 9.17) is 4.74 Å². The maximum absolute atomic E-state index is 9.35. The van der Waals surface area contributed by atoms with Gasteiger partial charge in [0.1, 0.15) is 5.69 Å². The van der Waals surface area contributed by atoms with Crippen molar-refractivity contribution >= 4 is 16.3 Å². The van der Waals surface area contributed by atoms with Crippen LogP contribution in [0.3, 0.4) is 0 Å². The van der Waals surface area contributed by atoms with E-state index in [-0.39, 0.29) is 6.61 Å². The summed E-state index contributed by atoms with van der Waals surface area (Å²) in [6.45, 7) is -0.118. The van der Waals surface area contributed by atoms with Crippen molar-refractivity contribution in [3.8, 4) is 11.6 Å². The molecule has 6 nitrogen and oxygen atoms in total. The second-order valence-corrected chi connectivity index (χ2v) is 4.40. The monoisotopic (exact) mass is 250 g/mol. The standard InChI is InChI=1S/C10H10N4O2S/c1-13-5-7(4-11-13)16-9-8(6-15)14-2-3-17-10(14)12-9/h2-5,15H,6H2,1H3. The first-order valence-electron chi connectivity index (χ1n) is 4.99. The Morgan fingerprint density at radius 2 is 2.41 bits per heavy atom. The third-order valence-electron chi connectivity index (χ3n) is 2.37. The lowest BCUT2D eigenvalue weighted by Crippen LogP contribution is -1.93. The minimum absolute atomic E-state index is 0.118. The van der Waals surface area contributed by atoms with Crippen LogP contribution in [0, 0.1) is 0 Å². The van der Waals surface area contributed by atoms with Crippen molar-refractivity contribution in [3.63, 3.8) is 0 Å². The summed E-state index contributed by atoms with van der Waals surface area (Å²) < 4.78 is 9.06. The van der Waals surface area contributed by atoms with Crippen LogP contribution >= 0.6 is 11.3 Å². The van der Waals surface area contributed by atoms with Crippen LogP contribution in [-0.4, -0.2) is 24.3 Å². The molecule has 3 aromatic heterocycles. The summed E-state index contributed by atoms with van der Waals surface area (Å²) >= 11 is 1.49. The van der Waals surface area contributed by atoms with E-state index < -0.39 is 0 Å². The van der Waals surface area contributed by atoms with Crippen molar-refractivity contribution in [1.82, 2.24) is 19.2 Å². The smallest absolute Gasteiger partial charge is 0.244 e. The predicted octanol–water partition coefficient (Wildman–Crippen LogP) is 1.41. The Kier molecular flexibility index (Phi) is 2.34. The SMILES string of the molecule is Cn1cc(Oc2nc3sccn3c2CO)cn1. The van der Waals surface area contributed by atoms with E-state index in [1.165, 1.54) is 11.3 Å². The number of ether oxygens (including phenoxy) is 1. The minimum Gasteiger partial charge on any atom is -0.434 e. The van der Waals surface area contributed by atoms with Gasteiger partial charge in [0, 0.05) is 18.6 Å². The van der Waals surface area contributed by atoms with Gasteiger partial charge in [-0.2, -0.15) is 10.1 Å². The fourth-order valence-electron chi connectivity index (χ4n) is 1.60. The lowest BCUT2D eigenvalue weighted by atomic mass is 10.5. The van der Waals surface area contributed by atoms with Crippen molar-refractivity contribution in [2.24, 2.45) is 7.05 Å². The normalized spacial score (nSPS) is 11.2. The predicted molar refractivity (Wildman–Crippen MR) is 62.3 cm³/mol. The molecule has 0 aliphatic carbocycles. The zero-order valence-corrected chi connectivity index (χ0v) is 9.89. The summed E-state index contributed by atoms with van der Waals surface area (Å²) in [4.78, 5) is 5.11. The largest absolute Gasteiger partial charge is 0.434 e. The highest BCUT2D eigenvalue weighted by atomic mass is 32.1. The van der Waals surface area contributed by atoms with E-state index in [2.05, 4.69) is 10.1 Å². The number of aliphatic hydroxyl groups is 1. The van der Waals surface area contributed by atoms with Gasteiger partial charge in [-0.05, 0) is 0 Å². The lowest BCUT2D eigenvalue weighted by molar-refractivity contribution is 0.270. The number of thiazole rings is 1. The molecule has 0 saturated carbocycles. The Labute approximate surface area is 101 Å². The Morgan fingerprint density at radius 1 is 1.53 bits per heavy atom. The molecule has 1 N–H and O–H groups in total. The van der Waals surface area contributed by atoms with E-state index in [0.29, 0.717) is 17.3 Å². The fraction of sp³-hybridized carbons (Fsp3) is 0.200. The molecule has 0 bridgehead atoms. The summed E-state index contributed by atoms with van der Waals surface area (Å²) in [6.07, 6.45) is 5.21. The number of fused-ring (bicyclic) bond motifs is 1. The van der Waals surface area contributed by atoms with Crippen LogP contribution < -0.4 is 4.74 Å². The first-order chi connectivity index (χ1) is 8.28. The molecule has 0 fully saturated rings. The van der Waals surface area contributed by atoms with Crippen molar-refractivity contribution < 1.29 is 9.84 Å². The minimum atomic E-state index is -0.118. The Morgan fingerprint density at radius 3 is 3.12 bits per heavy atom. The molecule has 0 radical (unpaired) electrons. The van der Waals surface area contributed by atoms with Gasteiger partial charge in [0.25, 0.3) is 0 Å². The Bertz CT molecular complexity index is 654. The number of hydrogen-bond acceptors (Lipinski definition) is 5. The molecule has 0 spiro atoms. The molecule has 7 heteroatoms. The van der Waals surface area contributed by atoms with Gasteiger partial charge in [-0.15, -0.1) is 11.3 Å². The summed E-state index contributed by atoms with van der Waals surface area (Å²) in [5, 5.41) is 15.3. The van der Waals surface area contributed by atoms with Gasteiger partial charge in [-0.3, -0.25) is 9.08 Å². The number of imidazole rings is 1. The summed E-state index contributed by atoms with van der Waals surface area (Å²) in [5.74, 6) is 1.03. The zero-order valence-electron chi connectivity index (χ0n) is 9.07. The molecular formula is C10H10N4O2S. The fourth-order valence-corrected chi connectivity index (χ4v) is 2.33. The zero-order chi connectivity index (χ0) is 11.8.